The molecule has 0 atom stereocenters. The van der Waals surface area contributed by atoms with E-state index >= 15 is 0 Å². The van der Waals surface area contributed by atoms with Crippen LogP contribution < -0.4 is 5.32 Å². The van der Waals surface area contributed by atoms with Gasteiger partial charge in [-0.1, -0.05) is 26.0 Å². The second-order valence-electron chi connectivity index (χ2n) is 5.17. The number of carbonyl (C=O) groups excluding carboxylic acids is 1. The maximum atomic E-state index is 11.9. The number of anilines is 1. The first-order chi connectivity index (χ1) is 8.07. The van der Waals surface area contributed by atoms with Gasteiger partial charge in [-0.2, -0.15) is 0 Å². The highest BCUT2D eigenvalue weighted by Crippen LogP contribution is 2.45. The lowest BCUT2D eigenvalue weighted by Gasteiger charge is -2.13. The molecule has 3 heteroatoms. The lowest BCUT2D eigenvalue weighted by atomic mass is 10.0. The molecule has 2 rings (SSSR count). The Morgan fingerprint density at radius 1 is 1.35 bits per heavy atom. The number of hydrogen-bond donors (Lipinski definition) is 2. The zero-order valence-electron chi connectivity index (χ0n) is 10.4. The molecule has 0 bridgehead atoms. The Morgan fingerprint density at radius 2 is 1.94 bits per heavy atom. The van der Waals surface area contributed by atoms with Crippen molar-refractivity contribution in [3.63, 3.8) is 0 Å². The van der Waals surface area contributed by atoms with Gasteiger partial charge < -0.3 is 10.4 Å². The van der Waals surface area contributed by atoms with Gasteiger partial charge in [0.25, 0.3) is 0 Å². The van der Waals surface area contributed by atoms with E-state index in [1.54, 1.807) is 0 Å². The Morgan fingerprint density at radius 3 is 2.35 bits per heavy atom. The van der Waals surface area contributed by atoms with E-state index < -0.39 is 5.41 Å². The number of aliphatic hydroxyl groups is 1. The van der Waals surface area contributed by atoms with E-state index in [1.807, 2.05) is 24.3 Å². The van der Waals surface area contributed by atoms with E-state index in [9.17, 15) is 4.79 Å². The van der Waals surface area contributed by atoms with Crippen LogP contribution in [0.25, 0.3) is 0 Å². The minimum absolute atomic E-state index is 0.0527. The van der Waals surface area contributed by atoms with Gasteiger partial charge in [-0.3, -0.25) is 4.79 Å². The van der Waals surface area contributed by atoms with E-state index in [-0.39, 0.29) is 12.5 Å². The summed E-state index contributed by atoms with van der Waals surface area (Å²) in [5.41, 5.74) is 1.56. The summed E-state index contributed by atoms with van der Waals surface area (Å²) in [4.78, 5) is 11.9. The summed E-state index contributed by atoms with van der Waals surface area (Å²) >= 11 is 0. The molecule has 1 amide bonds. The lowest BCUT2D eigenvalue weighted by molar-refractivity contribution is -0.122. The summed E-state index contributed by atoms with van der Waals surface area (Å²) in [6.07, 6.45) is 1.58. The zero-order valence-corrected chi connectivity index (χ0v) is 10.4. The van der Waals surface area contributed by atoms with E-state index in [4.69, 9.17) is 5.11 Å². The molecule has 0 heterocycles. The van der Waals surface area contributed by atoms with Gasteiger partial charge in [0.15, 0.2) is 0 Å². The molecule has 1 aliphatic carbocycles. The average Bonchev–Trinajstić information content (AvgIpc) is 3.10. The highest BCUT2D eigenvalue weighted by Gasteiger charge is 2.49. The SMILES string of the molecule is CC(C)c1ccc(NC(=O)C2(CO)CC2)cc1. The fourth-order valence-corrected chi connectivity index (χ4v) is 1.82. The van der Waals surface area contributed by atoms with E-state index in [0.717, 1.165) is 18.5 Å². The summed E-state index contributed by atoms with van der Waals surface area (Å²) in [5.74, 6) is 0.435. The van der Waals surface area contributed by atoms with Crippen molar-refractivity contribution >= 4 is 11.6 Å². The molecule has 1 fully saturated rings. The van der Waals surface area contributed by atoms with Crippen molar-refractivity contribution in [2.75, 3.05) is 11.9 Å². The van der Waals surface area contributed by atoms with E-state index in [1.165, 1.54) is 5.56 Å². The van der Waals surface area contributed by atoms with Crippen molar-refractivity contribution in [1.29, 1.82) is 0 Å². The predicted molar refractivity (Wildman–Crippen MR) is 67.9 cm³/mol. The molecule has 0 aromatic heterocycles. The number of carbonyl (C=O) groups is 1. The van der Waals surface area contributed by atoms with Crippen LogP contribution in [-0.2, 0) is 4.79 Å². The predicted octanol–water partition coefficient (Wildman–Crippen LogP) is 2.52. The topological polar surface area (TPSA) is 49.3 Å². The smallest absolute Gasteiger partial charge is 0.232 e. The third-order valence-corrected chi connectivity index (χ3v) is 3.47. The molecule has 1 saturated carbocycles. The number of aliphatic hydroxyl groups excluding tert-OH is 1. The molecule has 1 aromatic rings. The first-order valence-corrected chi connectivity index (χ1v) is 6.10. The molecular weight excluding hydrogens is 214 g/mol. The van der Waals surface area contributed by atoms with E-state index in [2.05, 4.69) is 19.2 Å². The molecule has 0 radical (unpaired) electrons. The molecule has 0 saturated heterocycles. The molecule has 0 spiro atoms. The molecule has 0 unspecified atom stereocenters. The minimum atomic E-state index is -0.503. The van der Waals surface area contributed by atoms with Crippen molar-refractivity contribution in [2.24, 2.45) is 5.41 Å². The largest absolute Gasteiger partial charge is 0.395 e. The first kappa shape index (κ1) is 12.1. The Bertz CT molecular complexity index is 405. The van der Waals surface area contributed by atoms with Crippen LogP contribution in [0.1, 0.15) is 38.2 Å². The molecule has 3 nitrogen and oxygen atoms in total. The van der Waals surface area contributed by atoms with Crippen LogP contribution in [0, 0.1) is 5.41 Å². The summed E-state index contributed by atoms with van der Waals surface area (Å²) in [6.45, 7) is 4.22. The normalized spacial score (nSPS) is 16.9. The summed E-state index contributed by atoms with van der Waals surface area (Å²) in [7, 11) is 0. The molecule has 92 valence electrons. The highest BCUT2D eigenvalue weighted by atomic mass is 16.3. The lowest BCUT2D eigenvalue weighted by Crippen LogP contribution is -2.27. The van der Waals surface area contributed by atoms with Crippen LogP contribution in [0.4, 0.5) is 5.69 Å². The zero-order chi connectivity index (χ0) is 12.5. The highest BCUT2D eigenvalue weighted by molar-refractivity contribution is 5.97. The molecule has 0 aliphatic heterocycles. The van der Waals surface area contributed by atoms with Crippen LogP contribution in [0.3, 0.4) is 0 Å². The van der Waals surface area contributed by atoms with Gasteiger partial charge in [0.05, 0.1) is 12.0 Å². The molecule has 1 aliphatic rings. The summed E-state index contributed by atoms with van der Waals surface area (Å²) in [6, 6.07) is 7.89. The van der Waals surface area contributed by atoms with Crippen molar-refractivity contribution in [3.05, 3.63) is 29.8 Å². The third-order valence-electron chi connectivity index (χ3n) is 3.47. The van der Waals surface area contributed by atoms with Crippen molar-refractivity contribution in [3.8, 4) is 0 Å². The van der Waals surface area contributed by atoms with Gasteiger partial charge in [0, 0.05) is 5.69 Å². The average molecular weight is 233 g/mol. The third kappa shape index (κ3) is 2.50. The second kappa shape index (κ2) is 4.49. The summed E-state index contributed by atoms with van der Waals surface area (Å²) in [5, 5.41) is 12.0. The van der Waals surface area contributed by atoms with Gasteiger partial charge in [0.1, 0.15) is 0 Å². The van der Waals surface area contributed by atoms with Gasteiger partial charge in [-0.15, -0.1) is 0 Å². The quantitative estimate of drug-likeness (QED) is 0.839. The second-order valence-corrected chi connectivity index (χ2v) is 5.17. The maximum absolute atomic E-state index is 11.9. The molecular formula is C14H19NO2. The Kier molecular flexibility index (Phi) is 3.20. The van der Waals surface area contributed by atoms with E-state index in [0.29, 0.717) is 5.92 Å². The van der Waals surface area contributed by atoms with Crippen LogP contribution in [0.15, 0.2) is 24.3 Å². The van der Waals surface area contributed by atoms with Crippen molar-refractivity contribution < 1.29 is 9.90 Å². The number of rotatable bonds is 4. The Balaban J connectivity index is 2.02. The van der Waals surface area contributed by atoms with Crippen molar-refractivity contribution in [2.45, 2.75) is 32.6 Å². The van der Waals surface area contributed by atoms with Gasteiger partial charge in [-0.05, 0) is 36.5 Å². The Labute approximate surface area is 102 Å². The minimum Gasteiger partial charge on any atom is -0.395 e. The standard InChI is InChI=1S/C14H19NO2/c1-10(2)11-3-5-12(6-4-11)15-13(17)14(9-16)7-8-14/h3-6,10,16H,7-9H2,1-2H3,(H,15,17). The van der Waals surface area contributed by atoms with Gasteiger partial charge in [0.2, 0.25) is 5.91 Å². The first-order valence-electron chi connectivity index (χ1n) is 6.10. The molecule has 1 aromatic carbocycles. The molecule has 2 N–H and O–H groups in total. The molecule has 17 heavy (non-hydrogen) atoms. The number of hydrogen-bond acceptors (Lipinski definition) is 2. The fourth-order valence-electron chi connectivity index (χ4n) is 1.82. The van der Waals surface area contributed by atoms with Crippen LogP contribution in [0.5, 0.6) is 0 Å². The summed E-state index contributed by atoms with van der Waals surface area (Å²) < 4.78 is 0. The monoisotopic (exact) mass is 233 g/mol. The fraction of sp³-hybridized carbons (Fsp3) is 0.500. The Hall–Kier alpha value is -1.35. The van der Waals surface area contributed by atoms with Gasteiger partial charge in [-0.25, -0.2) is 0 Å². The number of nitrogens with one attached hydrogen (secondary N) is 1. The van der Waals surface area contributed by atoms with Crippen molar-refractivity contribution in [1.82, 2.24) is 0 Å². The van der Waals surface area contributed by atoms with Crippen LogP contribution in [0.2, 0.25) is 0 Å². The number of benzene rings is 1. The van der Waals surface area contributed by atoms with Crippen LogP contribution in [-0.4, -0.2) is 17.6 Å². The number of amides is 1. The maximum Gasteiger partial charge on any atom is 0.232 e. The van der Waals surface area contributed by atoms with Gasteiger partial charge >= 0.3 is 0 Å². The van der Waals surface area contributed by atoms with Crippen LogP contribution >= 0.6 is 0 Å².